The Morgan fingerprint density at radius 1 is 1.60 bits per heavy atom. The number of nitrogens with two attached hydrogens (primary N) is 1. The number of carbonyl (C=O) groups is 1. The lowest BCUT2D eigenvalue weighted by molar-refractivity contribution is -0.386. The molecule has 3 N–H and O–H groups in total. The van der Waals surface area contributed by atoms with E-state index < -0.39 is 16.9 Å². The minimum Gasteiger partial charge on any atom is -0.474 e. The Bertz CT molecular complexity index is 528. The number of nitrogens with zero attached hydrogens (tertiary/aromatic N) is 1. The zero-order valence-corrected chi connectivity index (χ0v) is 11.2. The van der Waals surface area contributed by atoms with E-state index in [0.717, 1.165) is 18.4 Å². The first-order chi connectivity index (χ1) is 9.47. The maximum absolute atomic E-state index is 11.0. The molecule has 1 atom stereocenters. The summed E-state index contributed by atoms with van der Waals surface area (Å²) in [5.74, 6) is -0.600. The summed E-state index contributed by atoms with van der Waals surface area (Å²) in [5.41, 5.74) is 5.81. The molecule has 0 bridgehead atoms. The minimum atomic E-state index is -0.916. The Morgan fingerprint density at radius 3 is 2.85 bits per heavy atom. The first-order valence-corrected chi connectivity index (χ1v) is 6.44. The molecule has 2 rings (SSSR count). The molecule has 0 aromatic heterocycles. The highest BCUT2D eigenvalue weighted by atomic mass is 16.6. The van der Waals surface area contributed by atoms with Crippen molar-refractivity contribution in [2.75, 3.05) is 0 Å². The zero-order chi connectivity index (χ0) is 14.7. The van der Waals surface area contributed by atoms with E-state index in [1.165, 1.54) is 13.0 Å². The quantitative estimate of drug-likeness (QED) is 0.574. The summed E-state index contributed by atoms with van der Waals surface area (Å²) in [7, 11) is 0. The van der Waals surface area contributed by atoms with E-state index in [1.54, 1.807) is 12.1 Å². The molecule has 0 heterocycles. The lowest BCUT2D eigenvalue weighted by atomic mass is 10.2. The van der Waals surface area contributed by atoms with Gasteiger partial charge in [0.1, 0.15) is 0 Å². The molecule has 1 saturated carbocycles. The largest absolute Gasteiger partial charge is 0.474 e. The minimum absolute atomic E-state index is 0.0661. The smallest absolute Gasteiger partial charge is 0.310 e. The molecule has 108 valence electrons. The van der Waals surface area contributed by atoms with Gasteiger partial charge in [-0.1, -0.05) is 6.07 Å². The fourth-order valence-corrected chi connectivity index (χ4v) is 1.71. The van der Waals surface area contributed by atoms with Crippen molar-refractivity contribution in [3.05, 3.63) is 33.9 Å². The second-order valence-corrected chi connectivity index (χ2v) is 4.88. The Morgan fingerprint density at radius 2 is 2.30 bits per heavy atom. The van der Waals surface area contributed by atoms with Gasteiger partial charge in [0, 0.05) is 18.7 Å². The van der Waals surface area contributed by atoms with Gasteiger partial charge in [-0.25, -0.2) is 0 Å². The van der Waals surface area contributed by atoms with E-state index in [9.17, 15) is 14.9 Å². The number of carbonyl (C=O) groups excluding carboxylic acids is 1. The second kappa shape index (κ2) is 5.87. The number of benzene rings is 1. The Balaban J connectivity index is 2.16. The van der Waals surface area contributed by atoms with E-state index in [4.69, 9.17) is 10.5 Å². The standard InChI is InChI=1S/C13H17N3O4/c1-8(13(14)17)20-12-6-9(7-15-10-3-4-10)2-5-11(12)16(18)19/h2,5-6,8,10,15H,3-4,7H2,1H3,(H2,14,17). The van der Waals surface area contributed by atoms with Gasteiger partial charge in [0.25, 0.3) is 5.91 Å². The monoisotopic (exact) mass is 279 g/mol. The lowest BCUT2D eigenvalue weighted by Crippen LogP contribution is -2.30. The van der Waals surface area contributed by atoms with Crippen molar-refractivity contribution < 1.29 is 14.5 Å². The van der Waals surface area contributed by atoms with Crippen LogP contribution in [0.4, 0.5) is 5.69 Å². The highest BCUT2D eigenvalue weighted by molar-refractivity contribution is 5.78. The van der Waals surface area contributed by atoms with Crippen molar-refractivity contribution >= 4 is 11.6 Å². The van der Waals surface area contributed by atoms with Gasteiger partial charge in [-0.3, -0.25) is 14.9 Å². The molecule has 7 heteroatoms. The zero-order valence-electron chi connectivity index (χ0n) is 11.2. The fourth-order valence-electron chi connectivity index (χ4n) is 1.71. The molecule has 0 saturated heterocycles. The third kappa shape index (κ3) is 3.67. The predicted octanol–water partition coefficient (Wildman–Crippen LogP) is 1.10. The molecule has 0 spiro atoms. The molecule has 1 aromatic carbocycles. The number of ether oxygens (including phenoxy) is 1. The number of nitro groups is 1. The highest BCUT2D eigenvalue weighted by Crippen LogP contribution is 2.29. The van der Waals surface area contributed by atoms with Crippen LogP contribution < -0.4 is 15.8 Å². The van der Waals surface area contributed by atoms with E-state index in [0.29, 0.717) is 12.6 Å². The summed E-state index contributed by atoms with van der Waals surface area (Å²) in [6.45, 7) is 2.07. The average Bonchev–Trinajstić information content (AvgIpc) is 3.20. The first-order valence-electron chi connectivity index (χ1n) is 6.44. The molecule has 0 radical (unpaired) electrons. The van der Waals surface area contributed by atoms with Crippen molar-refractivity contribution in [1.29, 1.82) is 0 Å². The number of nitro benzene ring substituents is 1. The van der Waals surface area contributed by atoms with E-state index in [2.05, 4.69) is 5.32 Å². The van der Waals surface area contributed by atoms with Crippen LogP contribution in [0.5, 0.6) is 5.75 Å². The number of hydrogen-bond acceptors (Lipinski definition) is 5. The van der Waals surface area contributed by atoms with E-state index >= 15 is 0 Å². The third-order valence-corrected chi connectivity index (χ3v) is 3.10. The normalized spacial score (nSPS) is 15.7. The highest BCUT2D eigenvalue weighted by Gasteiger charge is 2.22. The second-order valence-electron chi connectivity index (χ2n) is 4.88. The van der Waals surface area contributed by atoms with Crippen molar-refractivity contribution in [3.63, 3.8) is 0 Å². The molecule has 20 heavy (non-hydrogen) atoms. The van der Waals surface area contributed by atoms with Crippen LogP contribution in [0.15, 0.2) is 18.2 Å². The van der Waals surface area contributed by atoms with Gasteiger partial charge in [-0.2, -0.15) is 0 Å². The van der Waals surface area contributed by atoms with Crippen LogP contribution in [0.1, 0.15) is 25.3 Å². The Kier molecular flexibility index (Phi) is 4.19. The van der Waals surface area contributed by atoms with Crippen LogP contribution in [-0.4, -0.2) is 23.0 Å². The topological polar surface area (TPSA) is 107 Å². The van der Waals surface area contributed by atoms with Gasteiger partial charge >= 0.3 is 5.69 Å². The van der Waals surface area contributed by atoms with Gasteiger partial charge < -0.3 is 15.8 Å². The SMILES string of the molecule is CC(Oc1cc(CNC2CC2)ccc1[N+](=O)[O-])C(N)=O. The summed E-state index contributed by atoms with van der Waals surface area (Å²) in [5, 5.41) is 14.3. The molecule has 0 aliphatic heterocycles. The molecule has 1 aliphatic rings. The Labute approximate surface area is 116 Å². The van der Waals surface area contributed by atoms with E-state index in [-0.39, 0.29) is 11.4 Å². The molecule has 1 amide bonds. The molecule has 1 aliphatic carbocycles. The van der Waals surface area contributed by atoms with Crippen molar-refractivity contribution in [2.45, 2.75) is 38.5 Å². The number of rotatable bonds is 7. The average molecular weight is 279 g/mol. The lowest BCUT2D eigenvalue weighted by Gasteiger charge is -2.12. The van der Waals surface area contributed by atoms with E-state index in [1.807, 2.05) is 0 Å². The maximum atomic E-state index is 11.0. The summed E-state index contributed by atoms with van der Waals surface area (Å²) >= 11 is 0. The summed E-state index contributed by atoms with van der Waals surface area (Å²) < 4.78 is 5.29. The molecule has 1 aromatic rings. The molecular formula is C13H17N3O4. The van der Waals surface area contributed by atoms with Gasteiger partial charge in [0.15, 0.2) is 11.9 Å². The summed E-state index contributed by atoms with van der Waals surface area (Å²) in [6, 6.07) is 5.17. The van der Waals surface area contributed by atoms with Gasteiger partial charge in [-0.15, -0.1) is 0 Å². The Hall–Kier alpha value is -2.15. The maximum Gasteiger partial charge on any atom is 0.310 e. The molecule has 1 fully saturated rings. The predicted molar refractivity (Wildman–Crippen MR) is 72.2 cm³/mol. The van der Waals surface area contributed by atoms with Crippen LogP contribution in [0, 0.1) is 10.1 Å². The summed E-state index contributed by atoms with van der Waals surface area (Å²) in [4.78, 5) is 21.4. The van der Waals surface area contributed by atoms with Crippen molar-refractivity contribution in [3.8, 4) is 5.75 Å². The molecule has 7 nitrogen and oxygen atoms in total. The van der Waals surface area contributed by atoms with Crippen molar-refractivity contribution in [1.82, 2.24) is 5.32 Å². The van der Waals surface area contributed by atoms with Crippen LogP contribution in [0.25, 0.3) is 0 Å². The molecule has 1 unspecified atom stereocenters. The number of amides is 1. The van der Waals surface area contributed by atoms with Gasteiger partial charge in [0.05, 0.1) is 4.92 Å². The summed E-state index contributed by atoms with van der Waals surface area (Å²) in [6.07, 6.45) is 1.41. The number of nitrogens with one attached hydrogen (secondary N) is 1. The molecular weight excluding hydrogens is 262 g/mol. The first kappa shape index (κ1) is 14.3. The number of hydrogen-bond donors (Lipinski definition) is 2. The van der Waals surface area contributed by atoms with Crippen LogP contribution in [0.3, 0.4) is 0 Å². The van der Waals surface area contributed by atoms with Gasteiger partial charge in [-0.05, 0) is 31.4 Å². The van der Waals surface area contributed by atoms with Crippen LogP contribution in [-0.2, 0) is 11.3 Å². The van der Waals surface area contributed by atoms with Crippen LogP contribution >= 0.6 is 0 Å². The third-order valence-electron chi connectivity index (χ3n) is 3.10. The van der Waals surface area contributed by atoms with Gasteiger partial charge in [0.2, 0.25) is 0 Å². The number of primary amides is 1. The van der Waals surface area contributed by atoms with Crippen LogP contribution in [0.2, 0.25) is 0 Å². The fraction of sp³-hybridized carbons (Fsp3) is 0.462. The van der Waals surface area contributed by atoms with Crippen molar-refractivity contribution in [2.24, 2.45) is 5.73 Å².